The highest BCUT2D eigenvalue weighted by Crippen LogP contribution is 2.33. The Hall–Kier alpha value is -2.59. The highest BCUT2D eigenvalue weighted by molar-refractivity contribution is 5.85. The molecule has 3 aromatic rings. The monoisotopic (exact) mass is 385 g/mol. The lowest BCUT2D eigenvalue weighted by Crippen LogP contribution is -2.33. The van der Waals surface area contributed by atoms with Crippen molar-refractivity contribution in [3.8, 4) is 0 Å². The third-order valence-corrected chi connectivity index (χ3v) is 4.99. The molecule has 0 spiro atoms. The second-order valence-corrected chi connectivity index (χ2v) is 7.14. The number of nitrogens with one attached hydrogen (secondary N) is 1. The van der Waals surface area contributed by atoms with Crippen LogP contribution in [0.4, 0.5) is 11.5 Å². The van der Waals surface area contributed by atoms with Gasteiger partial charge in [-0.05, 0) is 17.5 Å². The molecule has 3 heterocycles. The molecule has 4 rings (SSSR count). The van der Waals surface area contributed by atoms with Crippen LogP contribution in [0.1, 0.15) is 31.6 Å². The molecule has 9 heteroatoms. The van der Waals surface area contributed by atoms with Gasteiger partial charge in [0, 0.05) is 5.69 Å². The van der Waals surface area contributed by atoms with Crippen molar-refractivity contribution in [1.82, 2.24) is 19.5 Å². The Labute approximate surface area is 161 Å². The summed E-state index contributed by atoms with van der Waals surface area (Å²) in [6.45, 7) is 3.84. The number of aliphatic hydroxyl groups excluding tert-OH is 3. The summed E-state index contributed by atoms with van der Waals surface area (Å²) in [5, 5.41) is 32.9. The molecule has 3 unspecified atom stereocenters. The van der Waals surface area contributed by atoms with Crippen molar-refractivity contribution in [3.05, 3.63) is 42.5 Å². The number of fused-ring (bicyclic) bond motifs is 1. The fourth-order valence-corrected chi connectivity index (χ4v) is 3.48. The van der Waals surface area contributed by atoms with Crippen molar-refractivity contribution >= 4 is 22.7 Å². The Morgan fingerprint density at radius 3 is 2.64 bits per heavy atom. The molecule has 9 nitrogen and oxygen atoms in total. The van der Waals surface area contributed by atoms with Crippen LogP contribution in [0.5, 0.6) is 0 Å². The fraction of sp³-hybridized carbons (Fsp3) is 0.421. The van der Waals surface area contributed by atoms with Crippen LogP contribution in [0.15, 0.2) is 36.9 Å². The predicted molar refractivity (Wildman–Crippen MR) is 102 cm³/mol. The number of para-hydroxylation sites is 1. The summed E-state index contributed by atoms with van der Waals surface area (Å²) in [5.74, 6) is 0.862. The summed E-state index contributed by atoms with van der Waals surface area (Å²) >= 11 is 0. The molecule has 0 saturated carbocycles. The Bertz CT molecular complexity index is 976. The standard InChI is InChI=1S/C19H23N5O4/c1-10(2)11-5-3-4-6-12(11)23-17-14-18(21-8-20-17)24(9-22-14)19-16(27)15(26)13(7-25)28-19/h3-6,8-10,13,15-16,19,25-27H,7H2,1-2H3,(H,20,21,23)/t13?,15?,16?,19-/m0/s1. The molecule has 28 heavy (non-hydrogen) atoms. The van der Waals surface area contributed by atoms with E-state index in [4.69, 9.17) is 4.74 Å². The van der Waals surface area contributed by atoms with E-state index in [1.165, 1.54) is 12.7 Å². The maximum atomic E-state index is 10.3. The third kappa shape index (κ3) is 3.12. The molecule has 148 valence electrons. The summed E-state index contributed by atoms with van der Waals surface area (Å²) in [6, 6.07) is 7.98. The minimum Gasteiger partial charge on any atom is -0.394 e. The Balaban J connectivity index is 1.71. The number of imidazole rings is 1. The second kappa shape index (κ2) is 7.44. The Kier molecular flexibility index (Phi) is 4.98. The predicted octanol–water partition coefficient (Wildman–Crippen LogP) is 1.30. The van der Waals surface area contributed by atoms with Crippen molar-refractivity contribution in [3.63, 3.8) is 0 Å². The molecular weight excluding hydrogens is 362 g/mol. The van der Waals surface area contributed by atoms with E-state index >= 15 is 0 Å². The van der Waals surface area contributed by atoms with Gasteiger partial charge in [0.25, 0.3) is 0 Å². The number of ether oxygens (including phenoxy) is 1. The maximum Gasteiger partial charge on any atom is 0.167 e. The van der Waals surface area contributed by atoms with E-state index in [1.807, 2.05) is 18.2 Å². The first-order valence-electron chi connectivity index (χ1n) is 9.17. The number of rotatable bonds is 5. The molecule has 2 aromatic heterocycles. The largest absolute Gasteiger partial charge is 0.394 e. The molecule has 1 aromatic carbocycles. The van der Waals surface area contributed by atoms with E-state index < -0.39 is 31.1 Å². The van der Waals surface area contributed by atoms with Gasteiger partial charge in [-0.15, -0.1) is 0 Å². The highest BCUT2D eigenvalue weighted by Gasteiger charge is 2.44. The van der Waals surface area contributed by atoms with Gasteiger partial charge in [-0.1, -0.05) is 32.0 Å². The van der Waals surface area contributed by atoms with E-state index in [2.05, 4.69) is 40.2 Å². The minimum atomic E-state index is -1.21. The summed E-state index contributed by atoms with van der Waals surface area (Å²) in [7, 11) is 0. The summed E-state index contributed by atoms with van der Waals surface area (Å²) in [5.41, 5.74) is 3.05. The van der Waals surface area contributed by atoms with Gasteiger partial charge in [0.1, 0.15) is 24.6 Å². The van der Waals surface area contributed by atoms with Gasteiger partial charge < -0.3 is 25.4 Å². The third-order valence-electron chi connectivity index (χ3n) is 4.99. The average Bonchev–Trinajstić information content (AvgIpc) is 3.24. The van der Waals surface area contributed by atoms with Crippen molar-refractivity contribution < 1.29 is 20.1 Å². The SMILES string of the molecule is CC(C)c1ccccc1Nc1ncnc2c1ncn2[C@H]1OC(CO)C(O)C1O. The average molecular weight is 385 g/mol. The van der Waals surface area contributed by atoms with Crippen LogP contribution in [0.25, 0.3) is 11.2 Å². The molecule has 4 N–H and O–H groups in total. The van der Waals surface area contributed by atoms with Crippen molar-refractivity contribution in [1.29, 1.82) is 0 Å². The second-order valence-electron chi connectivity index (χ2n) is 7.14. The van der Waals surface area contributed by atoms with Crippen molar-refractivity contribution in [2.75, 3.05) is 11.9 Å². The van der Waals surface area contributed by atoms with Crippen LogP contribution in [0, 0.1) is 0 Å². The molecule has 0 aliphatic carbocycles. The van der Waals surface area contributed by atoms with E-state index in [-0.39, 0.29) is 0 Å². The fourth-order valence-electron chi connectivity index (χ4n) is 3.48. The molecule has 1 saturated heterocycles. The van der Waals surface area contributed by atoms with Crippen LogP contribution in [0.3, 0.4) is 0 Å². The lowest BCUT2D eigenvalue weighted by Gasteiger charge is -2.17. The van der Waals surface area contributed by atoms with Crippen molar-refractivity contribution in [2.45, 2.75) is 44.3 Å². The number of hydrogen-bond acceptors (Lipinski definition) is 8. The number of aliphatic hydroxyl groups is 3. The molecule has 0 amide bonds. The Morgan fingerprint density at radius 1 is 1.14 bits per heavy atom. The van der Waals surface area contributed by atoms with Gasteiger partial charge in [-0.3, -0.25) is 4.57 Å². The first kappa shape index (κ1) is 18.8. The topological polar surface area (TPSA) is 126 Å². The quantitative estimate of drug-likeness (QED) is 0.518. The highest BCUT2D eigenvalue weighted by atomic mass is 16.6. The maximum absolute atomic E-state index is 10.3. The lowest BCUT2D eigenvalue weighted by molar-refractivity contribution is -0.0511. The number of anilines is 2. The zero-order valence-corrected chi connectivity index (χ0v) is 15.6. The number of aromatic nitrogens is 4. The van der Waals surface area contributed by atoms with E-state index in [0.29, 0.717) is 22.9 Å². The molecule has 4 atom stereocenters. The zero-order valence-electron chi connectivity index (χ0n) is 15.6. The molecule has 1 aliphatic rings. The smallest absolute Gasteiger partial charge is 0.167 e. The van der Waals surface area contributed by atoms with Crippen LogP contribution < -0.4 is 5.32 Å². The van der Waals surface area contributed by atoms with E-state index in [1.54, 1.807) is 4.57 Å². The van der Waals surface area contributed by atoms with Crippen LogP contribution >= 0.6 is 0 Å². The zero-order chi connectivity index (χ0) is 19.8. The summed E-state index contributed by atoms with van der Waals surface area (Å²) in [6.07, 6.45) is -1.27. The van der Waals surface area contributed by atoms with Crippen LogP contribution in [-0.4, -0.2) is 59.8 Å². The lowest BCUT2D eigenvalue weighted by atomic mass is 10.0. The van der Waals surface area contributed by atoms with Gasteiger partial charge in [0.2, 0.25) is 0 Å². The minimum absolute atomic E-state index is 0.331. The van der Waals surface area contributed by atoms with E-state index in [0.717, 1.165) is 11.3 Å². The normalized spacial score (nSPS) is 24.9. The number of hydrogen-bond donors (Lipinski definition) is 4. The van der Waals surface area contributed by atoms with Gasteiger partial charge in [0.05, 0.1) is 12.9 Å². The number of benzene rings is 1. The molecule has 0 radical (unpaired) electrons. The van der Waals surface area contributed by atoms with Crippen molar-refractivity contribution in [2.24, 2.45) is 0 Å². The molecule has 1 aliphatic heterocycles. The van der Waals surface area contributed by atoms with E-state index in [9.17, 15) is 15.3 Å². The summed E-state index contributed by atoms with van der Waals surface area (Å²) in [4.78, 5) is 13.0. The van der Waals surface area contributed by atoms with Gasteiger partial charge in [0.15, 0.2) is 23.2 Å². The molecule has 0 bridgehead atoms. The molecule has 1 fully saturated rings. The van der Waals surface area contributed by atoms with Crippen LogP contribution in [0.2, 0.25) is 0 Å². The molecular formula is C19H23N5O4. The first-order valence-corrected chi connectivity index (χ1v) is 9.17. The Morgan fingerprint density at radius 2 is 1.93 bits per heavy atom. The first-order chi connectivity index (χ1) is 13.5. The van der Waals surface area contributed by atoms with Crippen LogP contribution in [-0.2, 0) is 4.74 Å². The number of nitrogens with zero attached hydrogens (tertiary/aromatic N) is 4. The van der Waals surface area contributed by atoms with Gasteiger partial charge in [-0.25, -0.2) is 15.0 Å². The summed E-state index contributed by atoms with van der Waals surface area (Å²) < 4.78 is 7.13. The van der Waals surface area contributed by atoms with Gasteiger partial charge >= 0.3 is 0 Å². The van der Waals surface area contributed by atoms with Gasteiger partial charge in [-0.2, -0.15) is 0 Å².